The van der Waals surface area contributed by atoms with Crippen LogP contribution in [0.25, 0.3) is 0 Å². The van der Waals surface area contributed by atoms with Crippen LogP contribution in [-0.4, -0.2) is 29.8 Å². The standard InChI is InChI=1S/C9H19NO3/c1-3-4-7(2)13-9(12)8(11)5-6-10/h7-8,11H,3-6,10H2,1-2H3. The summed E-state index contributed by atoms with van der Waals surface area (Å²) in [6.07, 6.45) is 0.856. The Labute approximate surface area is 79.1 Å². The van der Waals surface area contributed by atoms with Gasteiger partial charge in [-0.15, -0.1) is 0 Å². The van der Waals surface area contributed by atoms with Gasteiger partial charge in [-0.05, 0) is 26.3 Å². The first kappa shape index (κ1) is 12.4. The molecule has 0 spiro atoms. The van der Waals surface area contributed by atoms with Crippen molar-refractivity contribution in [2.75, 3.05) is 6.54 Å². The summed E-state index contributed by atoms with van der Waals surface area (Å²) >= 11 is 0. The van der Waals surface area contributed by atoms with Crippen LogP contribution in [0, 0.1) is 0 Å². The number of hydrogen-bond donors (Lipinski definition) is 2. The monoisotopic (exact) mass is 189 g/mol. The summed E-state index contributed by atoms with van der Waals surface area (Å²) in [5.74, 6) is -0.564. The lowest BCUT2D eigenvalue weighted by Crippen LogP contribution is -2.28. The molecule has 13 heavy (non-hydrogen) atoms. The van der Waals surface area contributed by atoms with Gasteiger partial charge in [-0.3, -0.25) is 0 Å². The molecule has 4 nitrogen and oxygen atoms in total. The molecule has 0 saturated heterocycles. The van der Waals surface area contributed by atoms with Crippen LogP contribution in [0.15, 0.2) is 0 Å². The van der Waals surface area contributed by atoms with Crippen molar-refractivity contribution in [3.8, 4) is 0 Å². The van der Waals surface area contributed by atoms with E-state index in [-0.39, 0.29) is 12.5 Å². The second-order valence-corrected chi connectivity index (χ2v) is 3.13. The Hall–Kier alpha value is -0.610. The Morgan fingerprint density at radius 3 is 2.62 bits per heavy atom. The smallest absolute Gasteiger partial charge is 0.335 e. The highest BCUT2D eigenvalue weighted by Gasteiger charge is 2.17. The fourth-order valence-corrected chi connectivity index (χ4v) is 1.02. The highest BCUT2D eigenvalue weighted by atomic mass is 16.6. The van der Waals surface area contributed by atoms with E-state index in [1.54, 1.807) is 0 Å². The fraction of sp³-hybridized carbons (Fsp3) is 0.889. The average Bonchev–Trinajstić information content (AvgIpc) is 2.05. The van der Waals surface area contributed by atoms with Gasteiger partial charge in [-0.25, -0.2) is 4.79 Å². The third-order valence-corrected chi connectivity index (χ3v) is 1.72. The number of hydrogen-bond acceptors (Lipinski definition) is 4. The van der Waals surface area contributed by atoms with Crippen LogP contribution in [-0.2, 0) is 9.53 Å². The van der Waals surface area contributed by atoms with Crippen LogP contribution < -0.4 is 5.73 Å². The first-order valence-corrected chi connectivity index (χ1v) is 4.70. The van der Waals surface area contributed by atoms with Crippen LogP contribution >= 0.6 is 0 Å². The third kappa shape index (κ3) is 5.60. The lowest BCUT2D eigenvalue weighted by Gasteiger charge is -2.14. The van der Waals surface area contributed by atoms with E-state index in [9.17, 15) is 9.90 Å². The zero-order valence-electron chi connectivity index (χ0n) is 8.32. The van der Waals surface area contributed by atoms with Gasteiger partial charge in [0.15, 0.2) is 6.10 Å². The molecule has 0 radical (unpaired) electrons. The van der Waals surface area contributed by atoms with Crippen molar-refractivity contribution in [2.24, 2.45) is 5.73 Å². The molecule has 3 N–H and O–H groups in total. The van der Waals surface area contributed by atoms with Crippen molar-refractivity contribution in [1.29, 1.82) is 0 Å². The third-order valence-electron chi connectivity index (χ3n) is 1.72. The molecule has 0 aliphatic heterocycles. The molecule has 0 fully saturated rings. The average molecular weight is 189 g/mol. The number of aliphatic hydroxyl groups excluding tert-OH is 1. The largest absolute Gasteiger partial charge is 0.461 e. The summed E-state index contributed by atoms with van der Waals surface area (Å²) in [6, 6.07) is 0. The normalized spacial score (nSPS) is 15.1. The van der Waals surface area contributed by atoms with E-state index in [4.69, 9.17) is 10.5 Å². The van der Waals surface area contributed by atoms with E-state index in [0.717, 1.165) is 12.8 Å². The molecule has 0 aromatic carbocycles. The highest BCUT2D eigenvalue weighted by Crippen LogP contribution is 2.03. The molecule has 2 atom stereocenters. The second kappa shape index (κ2) is 6.86. The number of esters is 1. The summed E-state index contributed by atoms with van der Waals surface area (Å²) in [6.45, 7) is 4.12. The van der Waals surface area contributed by atoms with E-state index in [2.05, 4.69) is 0 Å². The fourth-order valence-electron chi connectivity index (χ4n) is 1.02. The molecule has 0 bridgehead atoms. The van der Waals surface area contributed by atoms with Crippen molar-refractivity contribution in [2.45, 2.75) is 45.3 Å². The van der Waals surface area contributed by atoms with Crippen LogP contribution in [0.4, 0.5) is 0 Å². The minimum atomic E-state index is -1.07. The Morgan fingerprint density at radius 2 is 2.15 bits per heavy atom. The lowest BCUT2D eigenvalue weighted by atomic mass is 10.2. The lowest BCUT2D eigenvalue weighted by molar-refractivity contribution is -0.158. The minimum absolute atomic E-state index is 0.120. The second-order valence-electron chi connectivity index (χ2n) is 3.13. The van der Waals surface area contributed by atoms with Crippen LogP contribution in [0.1, 0.15) is 33.1 Å². The van der Waals surface area contributed by atoms with Gasteiger partial charge >= 0.3 is 5.97 Å². The number of rotatable bonds is 6. The molecule has 0 rings (SSSR count). The molecule has 78 valence electrons. The Morgan fingerprint density at radius 1 is 1.54 bits per heavy atom. The molecule has 0 saturated carbocycles. The van der Waals surface area contributed by atoms with E-state index in [1.165, 1.54) is 0 Å². The number of ether oxygens (including phenoxy) is 1. The Balaban J connectivity index is 3.71. The van der Waals surface area contributed by atoms with Crippen LogP contribution in [0.3, 0.4) is 0 Å². The van der Waals surface area contributed by atoms with Crippen molar-refractivity contribution < 1.29 is 14.6 Å². The number of carbonyl (C=O) groups excluding carboxylic acids is 1. The van der Waals surface area contributed by atoms with Gasteiger partial charge in [-0.2, -0.15) is 0 Å². The van der Waals surface area contributed by atoms with Gasteiger partial charge < -0.3 is 15.6 Å². The molecule has 0 heterocycles. The summed E-state index contributed by atoms with van der Waals surface area (Å²) in [4.78, 5) is 11.1. The first-order chi connectivity index (χ1) is 6.11. The van der Waals surface area contributed by atoms with Crippen LogP contribution in [0.5, 0.6) is 0 Å². The summed E-state index contributed by atoms with van der Waals surface area (Å²) in [5.41, 5.74) is 5.19. The SMILES string of the molecule is CCCC(C)OC(=O)C(O)CCN. The summed E-state index contributed by atoms with van der Waals surface area (Å²) in [7, 11) is 0. The van der Waals surface area contributed by atoms with Gasteiger partial charge in [0.25, 0.3) is 0 Å². The molecule has 0 amide bonds. The molecular formula is C9H19NO3. The number of aliphatic hydroxyl groups is 1. The van der Waals surface area contributed by atoms with Gasteiger partial charge in [0.2, 0.25) is 0 Å². The van der Waals surface area contributed by atoms with E-state index in [1.807, 2.05) is 13.8 Å². The van der Waals surface area contributed by atoms with E-state index < -0.39 is 12.1 Å². The van der Waals surface area contributed by atoms with Crippen molar-refractivity contribution in [1.82, 2.24) is 0 Å². The van der Waals surface area contributed by atoms with Crippen molar-refractivity contribution in [3.63, 3.8) is 0 Å². The topological polar surface area (TPSA) is 72.5 Å². The van der Waals surface area contributed by atoms with E-state index >= 15 is 0 Å². The Kier molecular flexibility index (Phi) is 6.54. The number of carbonyl (C=O) groups is 1. The first-order valence-electron chi connectivity index (χ1n) is 4.70. The molecular weight excluding hydrogens is 170 g/mol. The molecule has 0 aliphatic carbocycles. The summed E-state index contributed by atoms with van der Waals surface area (Å²) < 4.78 is 4.96. The molecule has 4 heteroatoms. The van der Waals surface area contributed by atoms with Crippen LogP contribution in [0.2, 0.25) is 0 Å². The predicted molar refractivity (Wildman–Crippen MR) is 50.1 cm³/mol. The maximum Gasteiger partial charge on any atom is 0.335 e. The van der Waals surface area contributed by atoms with Crippen molar-refractivity contribution >= 4 is 5.97 Å². The highest BCUT2D eigenvalue weighted by molar-refractivity contribution is 5.74. The van der Waals surface area contributed by atoms with Crippen molar-refractivity contribution in [3.05, 3.63) is 0 Å². The maximum atomic E-state index is 11.1. The molecule has 0 aromatic heterocycles. The van der Waals surface area contributed by atoms with Gasteiger partial charge in [0, 0.05) is 0 Å². The predicted octanol–water partition coefficient (Wildman–Crippen LogP) is 0.428. The number of nitrogens with two attached hydrogens (primary N) is 1. The van der Waals surface area contributed by atoms with Gasteiger partial charge in [0.05, 0.1) is 6.10 Å². The van der Waals surface area contributed by atoms with Gasteiger partial charge in [0.1, 0.15) is 0 Å². The molecule has 2 unspecified atom stereocenters. The zero-order chi connectivity index (χ0) is 10.3. The minimum Gasteiger partial charge on any atom is -0.461 e. The van der Waals surface area contributed by atoms with Gasteiger partial charge in [-0.1, -0.05) is 13.3 Å². The Bertz CT molecular complexity index is 150. The van der Waals surface area contributed by atoms with E-state index in [0.29, 0.717) is 6.54 Å². The quantitative estimate of drug-likeness (QED) is 0.594. The summed E-state index contributed by atoms with van der Waals surface area (Å²) in [5, 5.41) is 9.18. The zero-order valence-corrected chi connectivity index (χ0v) is 8.32. The maximum absolute atomic E-state index is 11.1. The molecule has 0 aromatic rings. The molecule has 0 aliphatic rings.